The molecule has 1 aromatic carbocycles. The van der Waals surface area contributed by atoms with Crippen molar-refractivity contribution >= 4 is 5.91 Å². The summed E-state index contributed by atoms with van der Waals surface area (Å²) >= 11 is 0. The van der Waals surface area contributed by atoms with Crippen LogP contribution in [0.15, 0.2) is 41.2 Å². The normalized spacial score (nSPS) is 10.5. The molecule has 0 aliphatic rings. The Morgan fingerprint density at radius 1 is 1.28 bits per heavy atom. The van der Waals surface area contributed by atoms with Crippen LogP contribution in [0.1, 0.15) is 30.3 Å². The molecule has 0 atom stereocenters. The molecule has 0 fully saturated rings. The number of halogens is 1. The molecular weight excluding hydrogens is 325 g/mol. The van der Waals surface area contributed by atoms with Crippen LogP contribution in [0.5, 0.6) is 5.75 Å². The number of carbonyl (C=O) groups is 1. The highest BCUT2D eigenvalue weighted by atomic mass is 19.1. The largest absolute Gasteiger partial charge is 0.489 e. The summed E-state index contributed by atoms with van der Waals surface area (Å²) in [7, 11) is 1.61. The summed E-state index contributed by atoms with van der Waals surface area (Å²) in [4.78, 5) is 25.6. The molecular formula is C18H22FN3O3. The molecule has 1 heterocycles. The van der Waals surface area contributed by atoms with Gasteiger partial charge in [0.15, 0.2) is 11.6 Å². The van der Waals surface area contributed by atoms with Gasteiger partial charge in [-0.1, -0.05) is 25.5 Å². The second-order valence-corrected chi connectivity index (χ2v) is 5.64. The van der Waals surface area contributed by atoms with Crippen LogP contribution >= 0.6 is 0 Å². The van der Waals surface area contributed by atoms with Crippen LogP contribution in [0.3, 0.4) is 0 Å². The van der Waals surface area contributed by atoms with Crippen molar-refractivity contribution in [1.29, 1.82) is 0 Å². The van der Waals surface area contributed by atoms with Gasteiger partial charge in [0, 0.05) is 19.7 Å². The lowest BCUT2D eigenvalue weighted by molar-refractivity contribution is 0.0764. The molecule has 0 radical (unpaired) electrons. The second-order valence-electron chi connectivity index (χ2n) is 5.64. The fourth-order valence-electron chi connectivity index (χ4n) is 2.18. The second kappa shape index (κ2) is 8.96. The zero-order valence-corrected chi connectivity index (χ0v) is 14.4. The van der Waals surface area contributed by atoms with E-state index in [2.05, 4.69) is 5.10 Å². The third-order valence-electron chi connectivity index (χ3n) is 3.68. The third kappa shape index (κ3) is 5.14. The maximum Gasteiger partial charge on any atom is 0.274 e. The van der Waals surface area contributed by atoms with Gasteiger partial charge < -0.3 is 9.64 Å². The first kappa shape index (κ1) is 18.6. The number of aryl methyl sites for hydroxylation is 1. The number of ether oxygens (including phenoxy) is 1. The average Bonchev–Trinajstić information content (AvgIpc) is 2.62. The molecule has 0 unspecified atom stereocenters. The Balaban J connectivity index is 1.95. The van der Waals surface area contributed by atoms with Gasteiger partial charge in [-0.2, -0.15) is 5.10 Å². The number of unbranched alkanes of at least 4 members (excludes halogenated alkanes) is 1. The SMILES string of the molecule is CCCCn1nc(C(=O)N(C)CCOc2ccccc2F)ccc1=O. The van der Waals surface area contributed by atoms with Crippen molar-refractivity contribution in [1.82, 2.24) is 14.7 Å². The zero-order chi connectivity index (χ0) is 18.2. The summed E-state index contributed by atoms with van der Waals surface area (Å²) < 4.78 is 20.1. The molecule has 0 saturated heterocycles. The van der Waals surface area contributed by atoms with Gasteiger partial charge in [0.1, 0.15) is 12.3 Å². The summed E-state index contributed by atoms with van der Waals surface area (Å²) in [6.07, 6.45) is 1.75. The van der Waals surface area contributed by atoms with E-state index in [0.29, 0.717) is 6.54 Å². The molecule has 2 rings (SSSR count). The molecule has 0 saturated carbocycles. The van der Waals surface area contributed by atoms with Crippen molar-refractivity contribution in [2.45, 2.75) is 26.3 Å². The zero-order valence-electron chi connectivity index (χ0n) is 14.4. The monoisotopic (exact) mass is 347 g/mol. The average molecular weight is 347 g/mol. The maximum absolute atomic E-state index is 13.5. The first-order chi connectivity index (χ1) is 12.0. The van der Waals surface area contributed by atoms with Gasteiger partial charge in [-0.15, -0.1) is 0 Å². The summed E-state index contributed by atoms with van der Waals surface area (Å²) in [6, 6.07) is 8.87. The van der Waals surface area contributed by atoms with E-state index >= 15 is 0 Å². The van der Waals surface area contributed by atoms with Crippen LogP contribution < -0.4 is 10.3 Å². The Morgan fingerprint density at radius 3 is 2.76 bits per heavy atom. The predicted octanol–water partition coefficient (Wildman–Crippen LogP) is 2.33. The summed E-state index contributed by atoms with van der Waals surface area (Å²) in [5, 5.41) is 4.12. The number of benzene rings is 1. The minimum Gasteiger partial charge on any atom is -0.489 e. The summed E-state index contributed by atoms with van der Waals surface area (Å²) in [6.45, 7) is 2.92. The first-order valence-corrected chi connectivity index (χ1v) is 8.24. The predicted molar refractivity (Wildman–Crippen MR) is 92.3 cm³/mol. The molecule has 0 bridgehead atoms. The van der Waals surface area contributed by atoms with E-state index in [1.807, 2.05) is 6.92 Å². The highest BCUT2D eigenvalue weighted by Gasteiger charge is 2.15. The van der Waals surface area contributed by atoms with E-state index in [9.17, 15) is 14.0 Å². The van der Waals surface area contributed by atoms with Crippen molar-refractivity contribution in [3.8, 4) is 5.75 Å². The van der Waals surface area contributed by atoms with Crippen LogP contribution in [-0.4, -0.2) is 40.8 Å². The molecule has 2 aromatic rings. The standard InChI is InChI=1S/C18H22FN3O3/c1-3-4-11-22-17(23)10-9-15(20-22)18(24)21(2)12-13-25-16-8-6-5-7-14(16)19/h5-10H,3-4,11-13H2,1-2H3. The lowest BCUT2D eigenvalue weighted by atomic mass is 10.3. The number of aromatic nitrogens is 2. The van der Waals surface area contributed by atoms with Crippen molar-refractivity contribution in [2.24, 2.45) is 0 Å². The highest BCUT2D eigenvalue weighted by molar-refractivity contribution is 5.91. The van der Waals surface area contributed by atoms with Crippen LogP contribution in [0, 0.1) is 5.82 Å². The van der Waals surface area contributed by atoms with Gasteiger partial charge >= 0.3 is 0 Å². The van der Waals surface area contributed by atoms with Crippen LogP contribution in [0.25, 0.3) is 0 Å². The fourth-order valence-corrected chi connectivity index (χ4v) is 2.18. The Labute approximate surface area is 145 Å². The van der Waals surface area contributed by atoms with Gasteiger partial charge in [0.25, 0.3) is 11.5 Å². The summed E-state index contributed by atoms with van der Waals surface area (Å²) in [5.74, 6) is -0.613. The number of carbonyl (C=O) groups excluding carboxylic acids is 1. The number of hydrogen-bond acceptors (Lipinski definition) is 4. The van der Waals surface area contributed by atoms with Gasteiger partial charge in [0.2, 0.25) is 0 Å². The number of nitrogens with zero attached hydrogens (tertiary/aromatic N) is 3. The molecule has 1 aromatic heterocycles. The molecule has 25 heavy (non-hydrogen) atoms. The van der Waals surface area contributed by atoms with E-state index in [1.54, 1.807) is 19.2 Å². The molecule has 6 nitrogen and oxygen atoms in total. The lowest BCUT2D eigenvalue weighted by Crippen LogP contribution is -2.33. The third-order valence-corrected chi connectivity index (χ3v) is 3.68. The molecule has 0 N–H and O–H groups in total. The molecule has 134 valence electrons. The fraction of sp³-hybridized carbons (Fsp3) is 0.389. The Morgan fingerprint density at radius 2 is 2.04 bits per heavy atom. The molecule has 0 spiro atoms. The number of rotatable bonds is 8. The molecule has 0 aliphatic carbocycles. The Bertz CT molecular complexity index is 776. The molecule has 7 heteroatoms. The minimum atomic E-state index is -0.443. The Kier molecular flexibility index (Phi) is 6.68. The number of hydrogen-bond donors (Lipinski definition) is 0. The van der Waals surface area contributed by atoms with Crippen LogP contribution in [0.4, 0.5) is 4.39 Å². The van der Waals surface area contributed by atoms with Crippen molar-refractivity contribution in [3.63, 3.8) is 0 Å². The van der Waals surface area contributed by atoms with E-state index in [4.69, 9.17) is 4.74 Å². The van der Waals surface area contributed by atoms with Gasteiger partial charge in [-0.05, 0) is 24.6 Å². The van der Waals surface area contributed by atoms with E-state index in [-0.39, 0.29) is 36.1 Å². The van der Waals surface area contributed by atoms with E-state index in [0.717, 1.165) is 12.8 Å². The van der Waals surface area contributed by atoms with Gasteiger partial charge in [0.05, 0.1) is 6.54 Å². The van der Waals surface area contributed by atoms with Crippen molar-refractivity contribution in [3.05, 3.63) is 58.3 Å². The first-order valence-electron chi connectivity index (χ1n) is 8.24. The lowest BCUT2D eigenvalue weighted by Gasteiger charge is -2.17. The van der Waals surface area contributed by atoms with E-state index < -0.39 is 5.82 Å². The summed E-state index contributed by atoms with van der Waals surface area (Å²) in [5.41, 5.74) is -0.0281. The molecule has 0 aliphatic heterocycles. The van der Waals surface area contributed by atoms with Gasteiger partial charge in [-0.25, -0.2) is 9.07 Å². The highest BCUT2D eigenvalue weighted by Crippen LogP contribution is 2.15. The molecule has 1 amide bonds. The smallest absolute Gasteiger partial charge is 0.274 e. The Hall–Kier alpha value is -2.70. The topological polar surface area (TPSA) is 64.4 Å². The minimum absolute atomic E-state index is 0.148. The maximum atomic E-state index is 13.5. The number of para-hydroxylation sites is 1. The van der Waals surface area contributed by atoms with Crippen LogP contribution in [0.2, 0.25) is 0 Å². The van der Waals surface area contributed by atoms with E-state index in [1.165, 1.54) is 33.8 Å². The number of likely N-dealkylation sites (N-methyl/N-ethyl adjacent to an activating group) is 1. The quantitative estimate of drug-likeness (QED) is 0.735. The van der Waals surface area contributed by atoms with Crippen molar-refractivity contribution in [2.75, 3.05) is 20.2 Å². The number of amides is 1. The van der Waals surface area contributed by atoms with Gasteiger partial charge in [-0.3, -0.25) is 9.59 Å². The van der Waals surface area contributed by atoms with Crippen LogP contribution in [-0.2, 0) is 6.54 Å². The van der Waals surface area contributed by atoms with Crippen molar-refractivity contribution < 1.29 is 13.9 Å².